The van der Waals surface area contributed by atoms with Gasteiger partial charge in [-0.25, -0.2) is 9.59 Å². The predicted molar refractivity (Wildman–Crippen MR) is 125 cm³/mol. The number of ether oxygens (including phenoxy) is 2. The number of aliphatic hydroxyl groups is 1. The number of aliphatic hydroxyl groups excluding tert-OH is 1. The van der Waals surface area contributed by atoms with E-state index in [0.29, 0.717) is 24.3 Å². The average molecular weight is 460 g/mol. The number of anilines is 1. The van der Waals surface area contributed by atoms with Gasteiger partial charge in [-0.05, 0) is 67.0 Å². The Morgan fingerprint density at radius 1 is 1.19 bits per heavy atom. The van der Waals surface area contributed by atoms with Gasteiger partial charge in [0.15, 0.2) is 0 Å². The lowest BCUT2D eigenvalue weighted by Gasteiger charge is -2.25. The summed E-state index contributed by atoms with van der Waals surface area (Å²) < 4.78 is 11.3. The highest BCUT2D eigenvalue weighted by atomic mass is 32.2. The molecule has 0 heterocycles. The Kier molecular flexibility index (Phi) is 10.6. The van der Waals surface area contributed by atoms with Gasteiger partial charge in [0.1, 0.15) is 18.5 Å². The third-order valence-electron chi connectivity index (χ3n) is 4.68. The first-order valence-electron chi connectivity index (χ1n) is 10.3. The second-order valence-corrected chi connectivity index (χ2v) is 8.00. The summed E-state index contributed by atoms with van der Waals surface area (Å²) in [6.07, 6.45) is 4.67. The molecule has 0 saturated carbocycles. The number of aliphatic carboxylic acids is 1. The molecule has 2 rings (SSSR count). The minimum absolute atomic E-state index is 0.0915. The third-order valence-corrected chi connectivity index (χ3v) is 5.43. The van der Waals surface area contributed by atoms with E-state index in [9.17, 15) is 9.59 Å². The number of carbonyl (C=O) groups excluding carboxylic acids is 1. The first kappa shape index (κ1) is 25.3. The van der Waals surface area contributed by atoms with Crippen LogP contribution in [0.15, 0.2) is 65.6 Å². The number of carboxylic acid groups (broad SMARTS) is 1. The standard InChI is InChI=1S/C24H29NO6S/c1-17(6-3-4-9-22(27)28)23(18-7-5-8-20(16-18)30-15-14-26)31-24(29)25-19-10-12-21(32-2)13-11-19/h4-5,7-13,16-17,23,26H,3,6,14-15H2,1-2H3,(H,25,29)(H,27,28)/b9-4+/t17-,23+/m1/s1. The van der Waals surface area contributed by atoms with E-state index in [1.807, 2.05) is 43.5 Å². The van der Waals surface area contributed by atoms with Crippen molar-refractivity contribution < 1.29 is 29.3 Å². The lowest BCUT2D eigenvalue weighted by atomic mass is 9.93. The second kappa shape index (κ2) is 13.4. The number of benzene rings is 2. The molecule has 1 amide bonds. The van der Waals surface area contributed by atoms with Gasteiger partial charge in [-0.2, -0.15) is 0 Å². The Labute approximate surface area is 192 Å². The van der Waals surface area contributed by atoms with Crippen molar-refractivity contribution in [2.45, 2.75) is 30.8 Å². The lowest BCUT2D eigenvalue weighted by Crippen LogP contribution is -2.22. The van der Waals surface area contributed by atoms with Crippen LogP contribution in [0.4, 0.5) is 10.5 Å². The molecule has 0 unspecified atom stereocenters. The van der Waals surface area contributed by atoms with E-state index < -0.39 is 18.2 Å². The fourth-order valence-electron chi connectivity index (χ4n) is 3.09. The number of hydrogen-bond acceptors (Lipinski definition) is 6. The van der Waals surface area contributed by atoms with Gasteiger partial charge in [0.2, 0.25) is 0 Å². The van der Waals surface area contributed by atoms with Gasteiger partial charge in [0.25, 0.3) is 0 Å². The average Bonchev–Trinajstić information content (AvgIpc) is 2.79. The first-order chi connectivity index (χ1) is 15.4. The van der Waals surface area contributed by atoms with Crippen molar-refractivity contribution in [2.24, 2.45) is 5.92 Å². The maximum absolute atomic E-state index is 12.6. The van der Waals surface area contributed by atoms with E-state index in [-0.39, 0.29) is 19.1 Å². The molecule has 0 bridgehead atoms. The number of carboxylic acids is 1. The zero-order chi connectivity index (χ0) is 23.3. The molecule has 8 heteroatoms. The van der Waals surface area contributed by atoms with Crippen LogP contribution in [-0.4, -0.2) is 41.7 Å². The molecule has 2 aromatic carbocycles. The monoisotopic (exact) mass is 459 g/mol. The smallest absolute Gasteiger partial charge is 0.412 e. The largest absolute Gasteiger partial charge is 0.491 e. The van der Waals surface area contributed by atoms with Crippen LogP contribution in [0.1, 0.15) is 31.4 Å². The van der Waals surface area contributed by atoms with E-state index in [1.165, 1.54) is 0 Å². The fourth-order valence-corrected chi connectivity index (χ4v) is 3.50. The Morgan fingerprint density at radius 3 is 2.59 bits per heavy atom. The molecular formula is C24H29NO6S. The summed E-state index contributed by atoms with van der Waals surface area (Å²) in [5.41, 5.74) is 1.38. The van der Waals surface area contributed by atoms with Crippen molar-refractivity contribution in [3.05, 3.63) is 66.2 Å². The molecule has 2 atom stereocenters. The molecule has 0 fully saturated rings. The van der Waals surface area contributed by atoms with Crippen LogP contribution in [0.25, 0.3) is 0 Å². The van der Waals surface area contributed by atoms with Gasteiger partial charge < -0.3 is 19.7 Å². The van der Waals surface area contributed by atoms with Gasteiger partial charge in [-0.3, -0.25) is 5.32 Å². The molecular weight excluding hydrogens is 430 g/mol. The summed E-state index contributed by atoms with van der Waals surface area (Å²) in [5, 5.41) is 20.5. The van der Waals surface area contributed by atoms with Gasteiger partial charge in [0.05, 0.1) is 6.61 Å². The summed E-state index contributed by atoms with van der Waals surface area (Å²) in [6.45, 7) is 2.01. The van der Waals surface area contributed by atoms with Crippen LogP contribution in [-0.2, 0) is 9.53 Å². The maximum Gasteiger partial charge on any atom is 0.412 e. The zero-order valence-corrected chi connectivity index (χ0v) is 19.0. The van der Waals surface area contributed by atoms with E-state index in [2.05, 4.69) is 5.32 Å². The highest BCUT2D eigenvalue weighted by Crippen LogP contribution is 2.32. The zero-order valence-electron chi connectivity index (χ0n) is 18.2. The van der Waals surface area contributed by atoms with Crippen LogP contribution in [0.5, 0.6) is 5.75 Å². The predicted octanol–water partition coefficient (Wildman–Crippen LogP) is 5.13. The summed E-state index contributed by atoms with van der Waals surface area (Å²) in [6, 6.07) is 14.6. The van der Waals surface area contributed by atoms with Crippen molar-refractivity contribution in [3.63, 3.8) is 0 Å². The van der Waals surface area contributed by atoms with Gasteiger partial charge in [-0.1, -0.05) is 25.1 Å². The van der Waals surface area contributed by atoms with Crippen LogP contribution < -0.4 is 10.1 Å². The van der Waals surface area contributed by atoms with Crippen molar-refractivity contribution in [2.75, 3.05) is 24.8 Å². The normalized spacial score (nSPS) is 12.8. The number of thioether (sulfide) groups is 1. The lowest BCUT2D eigenvalue weighted by molar-refractivity contribution is -0.131. The van der Waals surface area contributed by atoms with Gasteiger partial charge in [-0.15, -0.1) is 11.8 Å². The maximum atomic E-state index is 12.6. The van der Waals surface area contributed by atoms with E-state index in [4.69, 9.17) is 19.7 Å². The molecule has 3 N–H and O–H groups in total. The number of allylic oxidation sites excluding steroid dienone is 1. The Morgan fingerprint density at radius 2 is 1.94 bits per heavy atom. The molecule has 0 aliphatic rings. The van der Waals surface area contributed by atoms with Crippen molar-refractivity contribution >= 4 is 29.5 Å². The first-order valence-corrected chi connectivity index (χ1v) is 11.5. The van der Waals surface area contributed by atoms with Crippen molar-refractivity contribution in [1.29, 1.82) is 0 Å². The minimum atomic E-state index is -0.994. The molecule has 0 spiro atoms. The van der Waals surface area contributed by atoms with Crippen LogP contribution >= 0.6 is 11.8 Å². The topological polar surface area (TPSA) is 105 Å². The third kappa shape index (κ3) is 8.64. The van der Waals surface area contributed by atoms with Crippen LogP contribution in [0, 0.1) is 5.92 Å². The Balaban J connectivity index is 2.14. The summed E-state index contributed by atoms with van der Waals surface area (Å²) in [7, 11) is 0. The second-order valence-electron chi connectivity index (χ2n) is 7.12. The van der Waals surface area contributed by atoms with Gasteiger partial charge in [0, 0.05) is 16.7 Å². The SMILES string of the molecule is CSc1ccc(NC(=O)O[C@H](c2cccc(OCCO)c2)[C@H](C)CC/C=C/C(=O)O)cc1. The summed E-state index contributed by atoms with van der Waals surface area (Å²) in [5.74, 6) is -0.520. The summed E-state index contributed by atoms with van der Waals surface area (Å²) >= 11 is 1.61. The minimum Gasteiger partial charge on any atom is -0.491 e. The number of rotatable bonds is 12. The number of nitrogens with one attached hydrogen (secondary N) is 1. The van der Waals surface area contributed by atoms with Gasteiger partial charge >= 0.3 is 12.1 Å². The van der Waals surface area contributed by atoms with Crippen LogP contribution in [0.3, 0.4) is 0 Å². The highest BCUT2D eigenvalue weighted by molar-refractivity contribution is 7.98. The molecule has 0 aliphatic heterocycles. The highest BCUT2D eigenvalue weighted by Gasteiger charge is 2.24. The number of hydrogen-bond donors (Lipinski definition) is 3. The Hall–Kier alpha value is -2.97. The molecule has 2 aromatic rings. The molecule has 32 heavy (non-hydrogen) atoms. The quantitative estimate of drug-likeness (QED) is 0.299. The van der Waals surface area contributed by atoms with E-state index in [0.717, 1.165) is 16.5 Å². The summed E-state index contributed by atoms with van der Waals surface area (Å²) in [4.78, 5) is 24.4. The van der Waals surface area contributed by atoms with Crippen LogP contribution in [0.2, 0.25) is 0 Å². The molecule has 7 nitrogen and oxygen atoms in total. The van der Waals surface area contributed by atoms with E-state index in [1.54, 1.807) is 36.0 Å². The molecule has 0 radical (unpaired) electrons. The fraction of sp³-hybridized carbons (Fsp3) is 0.333. The Bertz CT molecular complexity index is 900. The van der Waals surface area contributed by atoms with E-state index >= 15 is 0 Å². The van der Waals surface area contributed by atoms with Crippen molar-refractivity contribution in [3.8, 4) is 5.75 Å². The van der Waals surface area contributed by atoms with Crippen molar-refractivity contribution in [1.82, 2.24) is 0 Å². The molecule has 172 valence electrons. The molecule has 0 saturated heterocycles. The molecule has 0 aromatic heterocycles. The molecule has 0 aliphatic carbocycles. The number of amides is 1. The number of carbonyl (C=O) groups is 2.